The number of thioether (sulfide) groups is 1. The van der Waals surface area contributed by atoms with Crippen molar-refractivity contribution < 1.29 is 4.79 Å². The maximum atomic E-state index is 11.9. The number of aryl methyl sites for hydroxylation is 1. The second-order valence-electron chi connectivity index (χ2n) is 3.90. The molecule has 8 heteroatoms. The fourth-order valence-corrected chi connectivity index (χ4v) is 3.46. The Balaban J connectivity index is 1.68. The molecule has 106 valence electrons. The smallest absolute Gasteiger partial charge is 0.252 e. The van der Waals surface area contributed by atoms with Gasteiger partial charge in [-0.3, -0.25) is 9.78 Å². The summed E-state index contributed by atoms with van der Waals surface area (Å²) >= 11 is 9.13. The molecule has 0 atom stereocenters. The largest absolute Gasteiger partial charge is 0.352 e. The van der Waals surface area contributed by atoms with Gasteiger partial charge in [0.1, 0.15) is 5.01 Å². The highest BCUT2D eigenvalue weighted by Crippen LogP contribution is 2.22. The highest BCUT2D eigenvalue weighted by atomic mass is 35.5. The molecule has 2 aromatic heterocycles. The predicted molar refractivity (Wildman–Crippen MR) is 81.6 cm³/mol. The first-order valence-corrected chi connectivity index (χ1v) is 8.15. The van der Waals surface area contributed by atoms with E-state index in [0.717, 1.165) is 21.5 Å². The molecule has 0 bridgehead atoms. The fourth-order valence-electron chi connectivity index (χ4n) is 1.42. The van der Waals surface area contributed by atoms with Crippen LogP contribution in [0.1, 0.15) is 21.8 Å². The molecule has 0 aromatic carbocycles. The molecule has 0 unspecified atom stereocenters. The van der Waals surface area contributed by atoms with Gasteiger partial charge < -0.3 is 5.32 Å². The topological polar surface area (TPSA) is 67.8 Å². The number of pyridine rings is 1. The number of aromatic nitrogens is 3. The zero-order chi connectivity index (χ0) is 14.4. The van der Waals surface area contributed by atoms with Gasteiger partial charge in [-0.25, -0.2) is 0 Å². The summed E-state index contributed by atoms with van der Waals surface area (Å²) in [5.74, 6) is 0.716. The SMILES string of the molecule is Cc1nnc(SCCCNC(=O)c2ccncc2Cl)s1. The maximum absolute atomic E-state index is 11.9. The monoisotopic (exact) mass is 328 g/mol. The normalized spacial score (nSPS) is 10.5. The molecule has 20 heavy (non-hydrogen) atoms. The average Bonchev–Trinajstić information content (AvgIpc) is 2.84. The summed E-state index contributed by atoms with van der Waals surface area (Å²) < 4.78 is 0.964. The molecule has 5 nitrogen and oxygen atoms in total. The van der Waals surface area contributed by atoms with Crippen LogP contribution in [0.25, 0.3) is 0 Å². The van der Waals surface area contributed by atoms with E-state index in [4.69, 9.17) is 11.6 Å². The van der Waals surface area contributed by atoms with Crippen molar-refractivity contribution in [2.24, 2.45) is 0 Å². The first-order valence-electron chi connectivity index (χ1n) is 5.97. The quantitative estimate of drug-likeness (QED) is 0.652. The van der Waals surface area contributed by atoms with Crippen molar-refractivity contribution in [2.75, 3.05) is 12.3 Å². The van der Waals surface area contributed by atoms with Crippen molar-refractivity contribution in [3.63, 3.8) is 0 Å². The van der Waals surface area contributed by atoms with E-state index in [1.165, 1.54) is 6.20 Å². The zero-order valence-corrected chi connectivity index (χ0v) is 13.2. The number of amides is 1. The van der Waals surface area contributed by atoms with Gasteiger partial charge in [0.15, 0.2) is 4.34 Å². The Labute approximate surface area is 130 Å². The van der Waals surface area contributed by atoms with Gasteiger partial charge in [0, 0.05) is 24.7 Å². The number of carbonyl (C=O) groups excluding carboxylic acids is 1. The lowest BCUT2D eigenvalue weighted by Gasteiger charge is -2.05. The second kappa shape index (κ2) is 7.56. The minimum absolute atomic E-state index is 0.172. The lowest BCUT2D eigenvalue weighted by atomic mass is 10.2. The molecular formula is C12H13ClN4OS2. The standard InChI is InChI=1S/C12H13ClN4OS2/c1-8-16-17-12(20-8)19-6-2-4-15-11(18)9-3-5-14-7-10(9)13/h3,5,7H,2,4,6H2,1H3,(H,15,18). The van der Waals surface area contributed by atoms with Crippen LogP contribution in [0.15, 0.2) is 22.8 Å². The molecule has 0 saturated carbocycles. The molecule has 0 aliphatic carbocycles. The molecule has 2 rings (SSSR count). The van der Waals surface area contributed by atoms with E-state index in [2.05, 4.69) is 20.5 Å². The molecule has 0 spiro atoms. The van der Waals surface area contributed by atoms with Crippen molar-refractivity contribution in [3.05, 3.63) is 34.1 Å². The van der Waals surface area contributed by atoms with E-state index in [1.807, 2.05) is 6.92 Å². The number of nitrogens with zero attached hydrogens (tertiary/aromatic N) is 3. The number of rotatable bonds is 6. The number of hydrogen-bond acceptors (Lipinski definition) is 6. The van der Waals surface area contributed by atoms with E-state index >= 15 is 0 Å². The minimum Gasteiger partial charge on any atom is -0.352 e. The van der Waals surface area contributed by atoms with Crippen LogP contribution in [-0.4, -0.2) is 33.4 Å². The predicted octanol–water partition coefficient (Wildman–Crippen LogP) is 2.81. The van der Waals surface area contributed by atoms with Crippen LogP contribution >= 0.6 is 34.7 Å². The molecule has 0 radical (unpaired) electrons. The highest BCUT2D eigenvalue weighted by Gasteiger charge is 2.09. The third-order valence-electron chi connectivity index (χ3n) is 2.36. The molecule has 0 aliphatic heterocycles. The summed E-state index contributed by atoms with van der Waals surface area (Å²) in [4.78, 5) is 15.7. The molecule has 1 N–H and O–H groups in total. The third-order valence-corrected chi connectivity index (χ3v) is 4.72. The van der Waals surface area contributed by atoms with E-state index in [1.54, 1.807) is 35.4 Å². The van der Waals surface area contributed by atoms with Gasteiger partial charge in [-0.2, -0.15) is 0 Å². The number of hydrogen-bond donors (Lipinski definition) is 1. The Morgan fingerprint density at radius 3 is 3.05 bits per heavy atom. The molecular weight excluding hydrogens is 316 g/mol. The molecule has 0 aliphatic rings. The van der Waals surface area contributed by atoms with Crippen LogP contribution in [0, 0.1) is 6.92 Å². The Bertz CT molecular complexity index is 590. The maximum Gasteiger partial charge on any atom is 0.252 e. The summed E-state index contributed by atoms with van der Waals surface area (Å²) in [7, 11) is 0. The number of halogens is 1. The average molecular weight is 329 g/mol. The zero-order valence-electron chi connectivity index (χ0n) is 10.8. The van der Waals surface area contributed by atoms with E-state index in [0.29, 0.717) is 17.1 Å². The van der Waals surface area contributed by atoms with Gasteiger partial charge in [0.2, 0.25) is 0 Å². The Hall–Kier alpha value is -1.18. The Morgan fingerprint density at radius 1 is 1.50 bits per heavy atom. The van der Waals surface area contributed by atoms with E-state index in [9.17, 15) is 4.79 Å². The first-order chi connectivity index (χ1) is 9.66. The van der Waals surface area contributed by atoms with Crippen LogP contribution in [0.2, 0.25) is 5.02 Å². The highest BCUT2D eigenvalue weighted by molar-refractivity contribution is 8.01. The van der Waals surface area contributed by atoms with Crippen LogP contribution in [0.3, 0.4) is 0 Å². The van der Waals surface area contributed by atoms with Crippen LogP contribution in [0.5, 0.6) is 0 Å². The lowest BCUT2D eigenvalue weighted by Crippen LogP contribution is -2.25. The lowest BCUT2D eigenvalue weighted by molar-refractivity contribution is 0.0954. The molecule has 2 aromatic rings. The van der Waals surface area contributed by atoms with Crippen molar-refractivity contribution in [2.45, 2.75) is 17.7 Å². The molecule has 1 amide bonds. The van der Waals surface area contributed by atoms with Gasteiger partial charge in [-0.1, -0.05) is 34.7 Å². The Kier molecular flexibility index (Phi) is 5.75. The first kappa shape index (κ1) is 15.2. The van der Waals surface area contributed by atoms with Crippen LogP contribution < -0.4 is 5.32 Å². The van der Waals surface area contributed by atoms with Gasteiger partial charge in [0.05, 0.1) is 10.6 Å². The van der Waals surface area contributed by atoms with Gasteiger partial charge >= 0.3 is 0 Å². The molecule has 0 fully saturated rings. The van der Waals surface area contributed by atoms with Gasteiger partial charge in [-0.05, 0) is 19.4 Å². The fraction of sp³-hybridized carbons (Fsp3) is 0.333. The van der Waals surface area contributed by atoms with E-state index < -0.39 is 0 Å². The number of nitrogens with one attached hydrogen (secondary N) is 1. The van der Waals surface area contributed by atoms with Crippen LogP contribution in [0.4, 0.5) is 0 Å². The minimum atomic E-state index is -0.172. The van der Waals surface area contributed by atoms with E-state index in [-0.39, 0.29) is 5.91 Å². The third kappa shape index (κ3) is 4.43. The molecule has 0 saturated heterocycles. The summed E-state index contributed by atoms with van der Waals surface area (Å²) in [5.41, 5.74) is 0.453. The molecule has 2 heterocycles. The second-order valence-corrected chi connectivity index (χ2v) is 6.83. The summed E-state index contributed by atoms with van der Waals surface area (Å²) in [6.07, 6.45) is 3.87. The van der Waals surface area contributed by atoms with Crippen molar-refractivity contribution in [1.29, 1.82) is 0 Å². The van der Waals surface area contributed by atoms with Crippen molar-refractivity contribution in [3.8, 4) is 0 Å². The number of carbonyl (C=O) groups is 1. The van der Waals surface area contributed by atoms with Crippen molar-refractivity contribution >= 4 is 40.6 Å². The summed E-state index contributed by atoms with van der Waals surface area (Å²) in [6, 6.07) is 1.61. The van der Waals surface area contributed by atoms with Gasteiger partial charge in [0.25, 0.3) is 5.91 Å². The van der Waals surface area contributed by atoms with Gasteiger partial charge in [-0.15, -0.1) is 10.2 Å². The Morgan fingerprint density at radius 2 is 2.35 bits per heavy atom. The summed E-state index contributed by atoms with van der Waals surface area (Å²) in [6.45, 7) is 2.53. The summed E-state index contributed by atoms with van der Waals surface area (Å²) in [5, 5.41) is 12.1. The van der Waals surface area contributed by atoms with Crippen molar-refractivity contribution in [1.82, 2.24) is 20.5 Å². The van der Waals surface area contributed by atoms with Crippen LogP contribution in [-0.2, 0) is 0 Å².